The molecule has 0 aliphatic carbocycles. The second-order valence-electron chi connectivity index (χ2n) is 5.75. The van der Waals surface area contributed by atoms with Crippen LogP contribution in [-0.2, 0) is 16.1 Å². The molecule has 8 nitrogen and oxygen atoms in total. The van der Waals surface area contributed by atoms with E-state index < -0.39 is 0 Å². The highest BCUT2D eigenvalue weighted by atomic mass is 16.6. The number of ether oxygens (including phenoxy) is 1. The maximum atomic E-state index is 12.5. The van der Waals surface area contributed by atoms with E-state index in [9.17, 15) is 14.4 Å². The Balaban J connectivity index is 1.65. The molecular weight excluding hydrogens is 324 g/mol. The van der Waals surface area contributed by atoms with Crippen LogP contribution in [0.3, 0.4) is 0 Å². The molecule has 0 bridgehead atoms. The summed E-state index contributed by atoms with van der Waals surface area (Å²) in [6, 6.07) is 5.12. The number of hydrogen-bond acceptors (Lipinski definition) is 5. The third-order valence-corrected chi connectivity index (χ3v) is 4.21. The molecule has 3 heterocycles. The zero-order chi connectivity index (χ0) is 17.8. The van der Waals surface area contributed by atoms with Gasteiger partial charge in [-0.2, -0.15) is 0 Å². The van der Waals surface area contributed by atoms with Gasteiger partial charge in [-0.3, -0.25) is 14.6 Å². The Morgan fingerprint density at radius 1 is 1.16 bits per heavy atom. The van der Waals surface area contributed by atoms with Gasteiger partial charge >= 0.3 is 6.09 Å². The van der Waals surface area contributed by atoms with Crippen LogP contribution in [0.1, 0.15) is 6.92 Å². The van der Waals surface area contributed by atoms with Crippen molar-refractivity contribution in [1.82, 2.24) is 19.4 Å². The fraction of sp³-hybridized carbons (Fsp3) is 0.412. The summed E-state index contributed by atoms with van der Waals surface area (Å²) in [6.45, 7) is 3.79. The molecule has 3 rings (SSSR count). The summed E-state index contributed by atoms with van der Waals surface area (Å²) < 4.78 is 6.35. The molecule has 0 aromatic carbocycles. The predicted octanol–water partition coefficient (Wildman–Crippen LogP) is 0.697. The molecule has 1 fully saturated rings. The molecule has 2 aromatic rings. The number of carbonyl (C=O) groups excluding carboxylic acids is 2. The van der Waals surface area contributed by atoms with Crippen molar-refractivity contribution in [3.8, 4) is 0 Å². The molecule has 8 heteroatoms. The molecule has 2 aromatic heterocycles. The minimum Gasteiger partial charge on any atom is -0.450 e. The zero-order valence-electron chi connectivity index (χ0n) is 14.1. The largest absolute Gasteiger partial charge is 0.450 e. The van der Waals surface area contributed by atoms with Crippen LogP contribution in [0.25, 0.3) is 10.9 Å². The second kappa shape index (κ2) is 7.33. The van der Waals surface area contributed by atoms with Gasteiger partial charge in [0.2, 0.25) is 5.91 Å². The van der Waals surface area contributed by atoms with Crippen LogP contribution in [0.5, 0.6) is 0 Å². The first-order chi connectivity index (χ1) is 12.1. The van der Waals surface area contributed by atoms with Crippen molar-refractivity contribution in [2.75, 3.05) is 32.8 Å². The minimum absolute atomic E-state index is 0.0247. The summed E-state index contributed by atoms with van der Waals surface area (Å²) in [4.78, 5) is 44.0. The number of nitrogens with zero attached hydrogens (tertiary/aromatic N) is 4. The number of piperazine rings is 1. The van der Waals surface area contributed by atoms with Gasteiger partial charge < -0.3 is 19.1 Å². The highest BCUT2D eigenvalue weighted by Gasteiger charge is 2.25. The topological polar surface area (TPSA) is 84.7 Å². The van der Waals surface area contributed by atoms with Crippen molar-refractivity contribution >= 4 is 22.9 Å². The standard InChI is InChI=1S/C17H20N4O4/c1-2-25-17(24)20-10-8-19(9-11-20)15(22)12-21-7-5-14-13(16(21)23)4-3-6-18-14/h3-7H,2,8-12H2,1H3. The first-order valence-corrected chi connectivity index (χ1v) is 8.24. The Hall–Kier alpha value is -2.90. The number of aromatic nitrogens is 2. The lowest BCUT2D eigenvalue weighted by molar-refractivity contribution is -0.133. The molecular formula is C17H20N4O4. The molecule has 1 aliphatic rings. The zero-order valence-corrected chi connectivity index (χ0v) is 14.1. The molecule has 132 valence electrons. The van der Waals surface area contributed by atoms with Gasteiger partial charge in [-0.15, -0.1) is 0 Å². The first kappa shape index (κ1) is 16.9. The summed E-state index contributed by atoms with van der Waals surface area (Å²) in [5.74, 6) is -0.145. The summed E-state index contributed by atoms with van der Waals surface area (Å²) in [7, 11) is 0. The molecule has 0 atom stereocenters. The Bertz CT molecular complexity index is 840. The maximum absolute atomic E-state index is 12.5. The molecule has 0 spiro atoms. The van der Waals surface area contributed by atoms with Gasteiger partial charge in [0.1, 0.15) is 6.54 Å². The van der Waals surface area contributed by atoms with E-state index >= 15 is 0 Å². The van der Waals surface area contributed by atoms with Crippen LogP contribution in [0.2, 0.25) is 0 Å². The van der Waals surface area contributed by atoms with Crippen molar-refractivity contribution in [2.45, 2.75) is 13.5 Å². The SMILES string of the molecule is CCOC(=O)N1CCN(C(=O)Cn2ccc3ncccc3c2=O)CC1. The van der Waals surface area contributed by atoms with Crippen molar-refractivity contribution in [1.29, 1.82) is 0 Å². The lowest BCUT2D eigenvalue weighted by Gasteiger charge is -2.34. The summed E-state index contributed by atoms with van der Waals surface area (Å²) in [5, 5.41) is 0.491. The Morgan fingerprint density at radius 3 is 2.60 bits per heavy atom. The number of rotatable bonds is 3. The summed E-state index contributed by atoms with van der Waals surface area (Å²) in [6.07, 6.45) is 2.86. The third kappa shape index (κ3) is 3.62. The molecule has 0 saturated carbocycles. The maximum Gasteiger partial charge on any atom is 0.409 e. The van der Waals surface area contributed by atoms with Gasteiger partial charge in [0.15, 0.2) is 0 Å². The fourth-order valence-electron chi connectivity index (χ4n) is 2.84. The second-order valence-corrected chi connectivity index (χ2v) is 5.75. The van der Waals surface area contributed by atoms with Crippen molar-refractivity contribution in [3.63, 3.8) is 0 Å². The fourth-order valence-corrected chi connectivity index (χ4v) is 2.84. The van der Waals surface area contributed by atoms with E-state index in [1.165, 1.54) is 4.57 Å². The lowest BCUT2D eigenvalue weighted by Crippen LogP contribution is -2.51. The first-order valence-electron chi connectivity index (χ1n) is 8.24. The van der Waals surface area contributed by atoms with E-state index in [-0.39, 0.29) is 24.1 Å². The van der Waals surface area contributed by atoms with E-state index in [1.807, 2.05) is 0 Å². The van der Waals surface area contributed by atoms with E-state index in [0.29, 0.717) is 43.7 Å². The number of pyridine rings is 2. The van der Waals surface area contributed by atoms with Gasteiger partial charge in [-0.25, -0.2) is 4.79 Å². The van der Waals surface area contributed by atoms with E-state index in [1.54, 1.807) is 47.3 Å². The molecule has 25 heavy (non-hydrogen) atoms. The number of fused-ring (bicyclic) bond motifs is 1. The number of carbonyl (C=O) groups is 2. The van der Waals surface area contributed by atoms with E-state index in [0.717, 1.165) is 0 Å². The van der Waals surface area contributed by atoms with Gasteiger partial charge in [0.05, 0.1) is 17.5 Å². The molecule has 2 amide bonds. The van der Waals surface area contributed by atoms with E-state index in [2.05, 4.69) is 4.98 Å². The van der Waals surface area contributed by atoms with Gasteiger partial charge in [-0.05, 0) is 25.1 Å². The smallest absolute Gasteiger partial charge is 0.409 e. The molecule has 0 unspecified atom stereocenters. The van der Waals surface area contributed by atoms with Crippen molar-refractivity contribution in [3.05, 3.63) is 40.9 Å². The van der Waals surface area contributed by atoms with E-state index in [4.69, 9.17) is 4.74 Å². The van der Waals surface area contributed by atoms with Crippen LogP contribution in [0.4, 0.5) is 4.79 Å². The quantitative estimate of drug-likeness (QED) is 0.818. The predicted molar refractivity (Wildman–Crippen MR) is 91.2 cm³/mol. The minimum atomic E-state index is -0.354. The van der Waals surface area contributed by atoms with Crippen LogP contribution in [-0.4, -0.2) is 64.1 Å². The molecule has 1 saturated heterocycles. The average Bonchev–Trinajstić information content (AvgIpc) is 2.64. The summed E-state index contributed by atoms with van der Waals surface area (Å²) in [5.41, 5.74) is 0.378. The van der Waals surface area contributed by atoms with Crippen molar-refractivity contribution < 1.29 is 14.3 Å². The molecule has 1 aliphatic heterocycles. The summed E-state index contributed by atoms with van der Waals surface area (Å²) >= 11 is 0. The normalized spacial score (nSPS) is 14.6. The molecule has 0 N–H and O–H groups in total. The molecule has 0 radical (unpaired) electrons. The van der Waals surface area contributed by atoms with Crippen molar-refractivity contribution in [2.24, 2.45) is 0 Å². The van der Waals surface area contributed by atoms with Crippen LogP contribution < -0.4 is 5.56 Å². The van der Waals surface area contributed by atoms with Gasteiger partial charge in [-0.1, -0.05) is 0 Å². The van der Waals surface area contributed by atoms with Crippen LogP contribution in [0.15, 0.2) is 35.4 Å². The monoisotopic (exact) mass is 344 g/mol. The Labute approximate surface area is 144 Å². The average molecular weight is 344 g/mol. The Kier molecular flexibility index (Phi) is 4.97. The highest BCUT2D eigenvalue weighted by molar-refractivity contribution is 5.79. The van der Waals surface area contributed by atoms with Gasteiger partial charge in [0.25, 0.3) is 5.56 Å². The van der Waals surface area contributed by atoms with Gasteiger partial charge in [0, 0.05) is 38.6 Å². The number of hydrogen-bond donors (Lipinski definition) is 0. The number of amides is 2. The third-order valence-electron chi connectivity index (χ3n) is 4.21. The van der Waals surface area contributed by atoms with Crippen LogP contribution in [0, 0.1) is 0 Å². The Morgan fingerprint density at radius 2 is 1.88 bits per heavy atom. The van der Waals surface area contributed by atoms with Crippen LogP contribution >= 0.6 is 0 Å². The highest BCUT2D eigenvalue weighted by Crippen LogP contribution is 2.07. The lowest BCUT2D eigenvalue weighted by atomic mass is 10.2.